The van der Waals surface area contributed by atoms with E-state index in [1.165, 1.54) is 0 Å². The Morgan fingerprint density at radius 1 is 1.33 bits per heavy atom. The molecule has 0 saturated carbocycles. The monoisotopic (exact) mass is 261 g/mol. The summed E-state index contributed by atoms with van der Waals surface area (Å²) >= 11 is 5.96. The molecule has 1 aromatic carbocycles. The van der Waals surface area contributed by atoms with Crippen LogP contribution in [0.2, 0.25) is 0 Å². The van der Waals surface area contributed by atoms with Gasteiger partial charge in [0.15, 0.2) is 0 Å². The van der Waals surface area contributed by atoms with E-state index in [0.29, 0.717) is 13.0 Å². The van der Waals surface area contributed by atoms with Crippen LogP contribution in [0.1, 0.15) is 12.0 Å². The Bertz CT molecular complexity index is 475. The Morgan fingerprint density at radius 2 is 2.11 bits per heavy atom. The molecular weight excluding hydrogens is 246 g/mol. The van der Waals surface area contributed by atoms with Gasteiger partial charge in [0, 0.05) is 6.42 Å². The van der Waals surface area contributed by atoms with Crippen molar-refractivity contribution in [2.45, 2.75) is 11.4 Å². The van der Waals surface area contributed by atoms with Gasteiger partial charge in [-0.2, -0.15) is 0 Å². The van der Waals surface area contributed by atoms with Gasteiger partial charge in [-0.05, 0) is 29.9 Å². The van der Waals surface area contributed by atoms with Crippen LogP contribution in [0.4, 0.5) is 0 Å². The van der Waals surface area contributed by atoms with Crippen molar-refractivity contribution in [1.29, 1.82) is 0 Å². The number of halogens is 1. The fourth-order valence-corrected chi connectivity index (χ4v) is 1.75. The van der Waals surface area contributed by atoms with E-state index < -0.39 is 5.00 Å². The molecule has 1 unspecified atom stereocenters. The Morgan fingerprint density at radius 3 is 2.78 bits per heavy atom. The maximum absolute atomic E-state index is 5.96. The van der Waals surface area contributed by atoms with Crippen molar-refractivity contribution >= 4 is 17.7 Å². The lowest BCUT2D eigenvalue weighted by Crippen LogP contribution is -2.31. The fraction of sp³-hybridized carbons (Fsp3) is 0.200. The van der Waals surface area contributed by atoms with Crippen molar-refractivity contribution in [2.24, 2.45) is 5.73 Å². The lowest BCUT2D eigenvalue weighted by atomic mass is 10.1. The zero-order chi connectivity index (χ0) is 12.8. The number of benzene rings is 1. The van der Waals surface area contributed by atoms with Crippen LogP contribution < -0.4 is 5.73 Å². The molecule has 1 aliphatic rings. The van der Waals surface area contributed by atoms with Gasteiger partial charge in [0.25, 0.3) is 0 Å². The molecule has 3 heteroatoms. The molecule has 1 aromatic rings. The third-order valence-corrected chi connectivity index (χ3v) is 2.88. The Kier molecular flexibility index (Phi) is 4.24. The zero-order valence-corrected chi connectivity index (χ0v) is 10.8. The van der Waals surface area contributed by atoms with Gasteiger partial charge in [-0.15, -0.1) is 0 Å². The van der Waals surface area contributed by atoms with Gasteiger partial charge in [-0.1, -0.05) is 48.0 Å². The smallest absolute Gasteiger partial charge is 0.115 e. The van der Waals surface area contributed by atoms with Gasteiger partial charge in [-0.3, -0.25) is 0 Å². The van der Waals surface area contributed by atoms with Gasteiger partial charge < -0.3 is 10.5 Å². The molecule has 1 aliphatic carbocycles. The van der Waals surface area contributed by atoms with Crippen LogP contribution in [-0.4, -0.2) is 11.6 Å². The summed E-state index contributed by atoms with van der Waals surface area (Å²) in [6, 6.07) is 10.1. The zero-order valence-electron chi connectivity index (χ0n) is 10.1. The molecule has 0 spiro atoms. The van der Waals surface area contributed by atoms with Crippen LogP contribution in [0.25, 0.3) is 6.08 Å². The summed E-state index contributed by atoms with van der Waals surface area (Å²) in [6.07, 6.45) is 10.1. The van der Waals surface area contributed by atoms with E-state index in [9.17, 15) is 0 Å². The van der Waals surface area contributed by atoms with E-state index in [4.69, 9.17) is 22.1 Å². The van der Waals surface area contributed by atoms with E-state index in [1.807, 2.05) is 54.6 Å². The van der Waals surface area contributed by atoms with Crippen LogP contribution in [-0.2, 0) is 4.74 Å². The van der Waals surface area contributed by atoms with Crippen LogP contribution in [0.15, 0.2) is 60.4 Å². The molecule has 0 aromatic heterocycles. The minimum absolute atomic E-state index is 0.533. The predicted molar refractivity (Wildman–Crippen MR) is 76.0 cm³/mol. The predicted octanol–water partition coefficient (Wildman–Crippen LogP) is 3.45. The molecule has 0 heterocycles. The highest BCUT2D eigenvalue weighted by atomic mass is 35.5. The summed E-state index contributed by atoms with van der Waals surface area (Å²) in [6.45, 7) is 0.533. The Labute approximate surface area is 112 Å². The number of hydrogen-bond acceptors (Lipinski definition) is 2. The quantitative estimate of drug-likeness (QED) is 0.666. The highest BCUT2D eigenvalue weighted by molar-refractivity contribution is 6.25. The largest absolute Gasteiger partial charge is 0.490 e. The molecule has 2 N–H and O–H groups in total. The highest BCUT2D eigenvalue weighted by Crippen LogP contribution is 2.22. The van der Waals surface area contributed by atoms with Crippen LogP contribution >= 0.6 is 11.6 Å². The molecule has 0 saturated heterocycles. The average Bonchev–Trinajstić information content (AvgIpc) is 2.37. The van der Waals surface area contributed by atoms with Gasteiger partial charge in [0.1, 0.15) is 17.4 Å². The van der Waals surface area contributed by atoms with E-state index in [0.717, 1.165) is 11.3 Å². The van der Waals surface area contributed by atoms with E-state index in [-0.39, 0.29) is 0 Å². The Balaban J connectivity index is 1.79. The second kappa shape index (κ2) is 5.89. The molecule has 0 bridgehead atoms. The minimum atomic E-state index is -0.757. The summed E-state index contributed by atoms with van der Waals surface area (Å²) in [5, 5.41) is 0. The Hall–Kier alpha value is -1.51. The first-order chi connectivity index (χ1) is 8.66. The van der Waals surface area contributed by atoms with Crippen molar-refractivity contribution in [3.63, 3.8) is 0 Å². The lowest BCUT2D eigenvalue weighted by molar-refractivity contribution is 0.258. The molecule has 94 valence electrons. The van der Waals surface area contributed by atoms with Crippen LogP contribution in [0, 0.1) is 0 Å². The topological polar surface area (TPSA) is 35.2 Å². The summed E-state index contributed by atoms with van der Waals surface area (Å²) in [7, 11) is 0. The van der Waals surface area contributed by atoms with Gasteiger partial charge >= 0.3 is 0 Å². The maximum atomic E-state index is 5.96. The average molecular weight is 262 g/mol. The standard InChI is InChI=1S/C15H16ClNO/c16-15(17)10-8-14(9-11-15)18-12-4-7-13-5-2-1-3-6-13/h1-10H,11-12,17H2. The minimum Gasteiger partial charge on any atom is -0.490 e. The molecule has 0 amide bonds. The third kappa shape index (κ3) is 4.06. The van der Waals surface area contributed by atoms with Gasteiger partial charge in [0.05, 0.1) is 0 Å². The van der Waals surface area contributed by atoms with Crippen molar-refractivity contribution < 1.29 is 4.74 Å². The SMILES string of the molecule is NC1(Cl)C=CC(OCC=Cc2ccccc2)=CC1. The van der Waals surface area contributed by atoms with Gasteiger partial charge in [0.2, 0.25) is 0 Å². The lowest BCUT2D eigenvalue weighted by Gasteiger charge is -2.19. The number of rotatable bonds is 4. The van der Waals surface area contributed by atoms with Crippen molar-refractivity contribution in [3.8, 4) is 0 Å². The summed E-state index contributed by atoms with van der Waals surface area (Å²) in [5.41, 5.74) is 6.90. The molecule has 0 radical (unpaired) electrons. The molecule has 0 aliphatic heterocycles. The normalized spacial score (nSPS) is 23.1. The highest BCUT2D eigenvalue weighted by Gasteiger charge is 2.19. The number of allylic oxidation sites excluding steroid dienone is 1. The van der Waals surface area contributed by atoms with E-state index >= 15 is 0 Å². The van der Waals surface area contributed by atoms with Gasteiger partial charge in [-0.25, -0.2) is 0 Å². The van der Waals surface area contributed by atoms with Crippen LogP contribution in [0.5, 0.6) is 0 Å². The van der Waals surface area contributed by atoms with Crippen LogP contribution in [0.3, 0.4) is 0 Å². The number of ether oxygens (including phenoxy) is 1. The number of alkyl halides is 1. The summed E-state index contributed by atoms with van der Waals surface area (Å²) < 4.78 is 5.57. The molecule has 2 rings (SSSR count). The first-order valence-corrected chi connectivity index (χ1v) is 6.25. The first kappa shape index (κ1) is 12.9. The maximum Gasteiger partial charge on any atom is 0.115 e. The summed E-state index contributed by atoms with van der Waals surface area (Å²) in [5.74, 6) is 0.814. The molecule has 1 atom stereocenters. The first-order valence-electron chi connectivity index (χ1n) is 5.87. The number of nitrogens with two attached hydrogens (primary N) is 1. The fourth-order valence-electron chi connectivity index (χ4n) is 1.61. The molecule has 18 heavy (non-hydrogen) atoms. The second-order valence-electron chi connectivity index (χ2n) is 4.19. The third-order valence-electron chi connectivity index (χ3n) is 2.60. The molecular formula is C15H16ClNO. The molecule has 0 fully saturated rings. The van der Waals surface area contributed by atoms with Crippen molar-refractivity contribution in [2.75, 3.05) is 6.61 Å². The molecule has 2 nitrogen and oxygen atoms in total. The van der Waals surface area contributed by atoms with Crippen molar-refractivity contribution in [1.82, 2.24) is 0 Å². The van der Waals surface area contributed by atoms with E-state index in [2.05, 4.69) is 0 Å². The van der Waals surface area contributed by atoms with E-state index in [1.54, 1.807) is 6.08 Å². The second-order valence-corrected chi connectivity index (χ2v) is 4.90. The summed E-state index contributed by atoms with van der Waals surface area (Å²) in [4.78, 5) is -0.757. The van der Waals surface area contributed by atoms with Crippen molar-refractivity contribution in [3.05, 3.63) is 66.0 Å². The number of hydrogen-bond donors (Lipinski definition) is 1.